The van der Waals surface area contributed by atoms with Crippen molar-refractivity contribution < 1.29 is 4.79 Å². The number of hydrogen-bond donors (Lipinski definition) is 1. The van der Waals surface area contributed by atoms with E-state index in [0.29, 0.717) is 5.75 Å². The topological polar surface area (TPSA) is 41.5 Å². The highest BCUT2D eigenvalue weighted by molar-refractivity contribution is 8.00. The molecule has 0 saturated heterocycles. The van der Waals surface area contributed by atoms with Crippen molar-refractivity contribution in [2.75, 3.05) is 5.75 Å². The zero-order valence-electron chi connectivity index (χ0n) is 14.6. The summed E-state index contributed by atoms with van der Waals surface area (Å²) in [7, 11) is 0. The monoisotopic (exact) mass is 360 g/mol. The molecule has 0 saturated carbocycles. The van der Waals surface area contributed by atoms with Crippen LogP contribution in [-0.2, 0) is 4.79 Å². The van der Waals surface area contributed by atoms with Crippen LogP contribution in [0.4, 0.5) is 0 Å². The Morgan fingerprint density at radius 1 is 0.846 bits per heavy atom. The fourth-order valence-corrected chi connectivity index (χ4v) is 3.11. The lowest BCUT2D eigenvalue weighted by Crippen LogP contribution is -2.22. The van der Waals surface area contributed by atoms with Gasteiger partial charge in [0.2, 0.25) is 5.91 Å². The minimum atomic E-state index is -0.125. The maximum Gasteiger partial charge on any atom is 0.250 e. The molecule has 0 aromatic heterocycles. The second kappa shape index (κ2) is 9.02. The summed E-state index contributed by atoms with van der Waals surface area (Å²) in [4.78, 5) is 13.3. The quantitative estimate of drug-likeness (QED) is 0.395. The Bertz CT molecular complexity index is 834. The molecule has 0 fully saturated rings. The summed E-state index contributed by atoms with van der Waals surface area (Å²) in [6.45, 7) is 2.05. The van der Waals surface area contributed by atoms with Gasteiger partial charge in [-0.2, -0.15) is 5.10 Å². The van der Waals surface area contributed by atoms with Crippen molar-refractivity contribution in [2.24, 2.45) is 5.10 Å². The standard InChI is InChI=1S/C22H20N2OS/c1-17-12-14-20(15-13-17)26-16-21(25)23-24-22(18-8-4-2-5-9-18)19-10-6-3-7-11-19/h2-15H,16H2,1H3,(H,23,25). The summed E-state index contributed by atoms with van der Waals surface area (Å²) < 4.78 is 0. The number of carbonyl (C=O) groups is 1. The summed E-state index contributed by atoms with van der Waals surface area (Å²) >= 11 is 1.50. The van der Waals surface area contributed by atoms with E-state index < -0.39 is 0 Å². The number of nitrogens with one attached hydrogen (secondary N) is 1. The van der Waals surface area contributed by atoms with E-state index in [2.05, 4.69) is 10.5 Å². The van der Waals surface area contributed by atoms with Crippen LogP contribution in [0.1, 0.15) is 16.7 Å². The van der Waals surface area contributed by atoms with E-state index in [4.69, 9.17) is 0 Å². The maximum absolute atomic E-state index is 12.2. The molecular formula is C22H20N2OS. The highest BCUT2D eigenvalue weighted by Crippen LogP contribution is 2.18. The molecule has 3 aromatic rings. The first-order valence-electron chi connectivity index (χ1n) is 8.39. The Labute approximate surface area is 158 Å². The first-order chi connectivity index (χ1) is 12.7. The molecule has 0 unspecified atom stereocenters. The number of amides is 1. The van der Waals surface area contributed by atoms with E-state index >= 15 is 0 Å². The van der Waals surface area contributed by atoms with Gasteiger partial charge < -0.3 is 0 Å². The average molecular weight is 360 g/mol. The SMILES string of the molecule is Cc1ccc(SCC(=O)NN=C(c2ccccc2)c2ccccc2)cc1. The van der Waals surface area contributed by atoms with Crippen LogP contribution >= 0.6 is 11.8 Å². The Balaban J connectivity index is 1.70. The second-order valence-corrected chi connectivity index (χ2v) is 6.88. The van der Waals surface area contributed by atoms with Crippen molar-refractivity contribution in [1.82, 2.24) is 5.43 Å². The normalized spacial score (nSPS) is 10.2. The third kappa shape index (κ3) is 5.07. The van der Waals surface area contributed by atoms with E-state index in [1.54, 1.807) is 0 Å². The molecule has 0 bridgehead atoms. The highest BCUT2D eigenvalue weighted by atomic mass is 32.2. The fraction of sp³-hybridized carbons (Fsp3) is 0.0909. The van der Waals surface area contributed by atoms with Crippen LogP contribution in [0.5, 0.6) is 0 Å². The van der Waals surface area contributed by atoms with Crippen molar-refractivity contribution in [1.29, 1.82) is 0 Å². The van der Waals surface area contributed by atoms with E-state index in [-0.39, 0.29) is 5.91 Å². The van der Waals surface area contributed by atoms with E-state index in [1.807, 2.05) is 91.9 Å². The first-order valence-corrected chi connectivity index (χ1v) is 9.38. The Morgan fingerprint density at radius 3 is 1.92 bits per heavy atom. The van der Waals surface area contributed by atoms with Crippen molar-refractivity contribution >= 4 is 23.4 Å². The molecule has 1 amide bonds. The first kappa shape index (κ1) is 18.0. The second-order valence-electron chi connectivity index (χ2n) is 5.83. The van der Waals surface area contributed by atoms with Crippen LogP contribution in [0.25, 0.3) is 0 Å². The molecule has 3 aromatic carbocycles. The number of nitrogens with zero attached hydrogens (tertiary/aromatic N) is 1. The molecule has 0 aliphatic rings. The van der Waals surface area contributed by atoms with E-state index in [1.165, 1.54) is 17.3 Å². The zero-order valence-corrected chi connectivity index (χ0v) is 15.4. The molecular weight excluding hydrogens is 340 g/mol. The molecule has 26 heavy (non-hydrogen) atoms. The van der Waals surface area contributed by atoms with Crippen LogP contribution in [0.3, 0.4) is 0 Å². The third-order valence-corrected chi connectivity index (χ3v) is 4.79. The van der Waals surface area contributed by atoms with Gasteiger partial charge in [0.25, 0.3) is 0 Å². The van der Waals surface area contributed by atoms with E-state index in [0.717, 1.165) is 21.7 Å². The van der Waals surface area contributed by atoms with Crippen LogP contribution in [-0.4, -0.2) is 17.4 Å². The number of hydrazone groups is 1. The molecule has 0 spiro atoms. The lowest BCUT2D eigenvalue weighted by atomic mass is 10.0. The van der Waals surface area contributed by atoms with Crippen LogP contribution in [0, 0.1) is 6.92 Å². The minimum absolute atomic E-state index is 0.125. The Morgan fingerprint density at radius 2 is 1.38 bits per heavy atom. The third-order valence-electron chi connectivity index (χ3n) is 3.78. The Hall–Kier alpha value is -2.85. The highest BCUT2D eigenvalue weighted by Gasteiger charge is 2.08. The number of rotatable bonds is 6. The van der Waals surface area contributed by atoms with Crippen molar-refractivity contribution in [3.63, 3.8) is 0 Å². The van der Waals surface area contributed by atoms with Gasteiger partial charge in [0.15, 0.2) is 0 Å². The summed E-state index contributed by atoms with van der Waals surface area (Å²) in [5.41, 5.74) is 6.57. The van der Waals surface area contributed by atoms with Gasteiger partial charge in [-0.3, -0.25) is 4.79 Å². The van der Waals surface area contributed by atoms with Gasteiger partial charge >= 0.3 is 0 Å². The Kier molecular flexibility index (Phi) is 6.23. The summed E-state index contributed by atoms with van der Waals surface area (Å²) in [5.74, 6) is 0.198. The smallest absolute Gasteiger partial charge is 0.250 e. The lowest BCUT2D eigenvalue weighted by Gasteiger charge is -2.08. The molecule has 0 aliphatic heterocycles. The van der Waals surface area contributed by atoms with Gasteiger partial charge in [0, 0.05) is 16.0 Å². The fourth-order valence-electron chi connectivity index (χ4n) is 2.42. The number of hydrogen-bond acceptors (Lipinski definition) is 3. The molecule has 0 aliphatic carbocycles. The molecule has 3 nitrogen and oxygen atoms in total. The largest absolute Gasteiger partial charge is 0.272 e. The van der Waals surface area contributed by atoms with Gasteiger partial charge in [-0.05, 0) is 19.1 Å². The predicted octanol–water partition coefficient (Wildman–Crippen LogP) is 4.66. The van der Waals surface area contributed by atoms with Crippen LogP contribution in [0.15, 0.2) is 94.9 Å². The van der Waals surface area contributed by atoms with Gasteiger partial charge in [0.05, 0.1) is 11.5 Å². The maximum atomic E-state index is 12.2. The van der Waals surface area contributed by atoms with Crippen LogP contribution < -0.4 is 5.43 Å². The number of carbonyl (C=O) groups excluding carboxylic acids is 1. The van der Waals surface area contributed by atoms with Gasteiger partial charge in [0.1, 0.15) is 0 Å². The molecule has 3 rings (SSSR count). The number of aryl methyl sites for hydroxylation is 1. The van der Waals surface area contributed by atoms with Crippen molar-refractivity contribution in [3.05, 3.63) is 102 Å². The summed E-state index contributed by atoms with van der Waals surface area (Å²) in [6.07, 6.45) is 0. The molecule has 0 heterocycles. The summed E-state index contributed by atoms with van der Waals surface area (Å²) in [6, 6.07) is 27.8. The minimum Gasteiger partial charge on any atom is -0.272 e. The van der Waals surface area contributed by atoms with Crippen molar-refractivity contribution in [2.45, 2.75) is 11.8 Å². The van der Waals surface area contributed by atoms with Gasteiger partial charge in [-0.1, -0.05) is 78.4 Å². The summed E-state index contributed by atoms with van der Waals surface area (Å²) in [5, 5.41) is 4.39. The number of benzene rings is 3. The van der Waals surface area contributed by atoms with E-state index in [9.17, 15) is 4.79 Å². The molecule has 1 N–H and O–H groups in total. The molecule has 130 valence electrons. The van der Waals surface area contributed by atoms with Crippen LogP contribution in [0.2, 0.25) is 0 Å². The number of thioether (sulfide) groups is 1. The molecule has 4 heteroatoms. The molecule has 0 atom stereocenters. The van der Waals surface area contributed by atoms with Gasteiger partial charge in [-0.15, -0.1) is 11.8 Å². The average Bonchev–Trinajstić information content (AvgIpc) is 2.69. The van der Waals surface area contributed by atoms with Crippen molar-refractivity contribution in [3.8, 4) is 0 Å². The molecule has 0 radical (unpaired) electrons. The van der Waals surface area contributed by atoms with Gasteiger partial charge in [-0.25, -0.2) is 5.43 Å². The lowest BCUT2D eigenvalue weighted by molar-refractivity contribution is -0.118. The predicted molar refractivity (Wildman–Crippen MR) is 109 cm³/mol. The zero-order chi connectivity index (χ0) is 18.2.